The molecule has 1 fully saturated rings. The highest BCUT2D eigenvalue weighted by atomic mass is 16.3. The smallest absolute Gasteiger partial charge is 0.0499 e. The summed E-state index contributed by atoms with van der Waals surface area (Å²) in [6.45, 7) is 2.30. The van der Waals surface area contributed by atoms with E-state index in [0.717, 1.165) is 12.8 Å². The summed E-state index contributed by atoms with van der Waals surface area (Å²) in [6.07, 6.45) is 3.35. The van der Waals surface area contributed by atoms with Gasteiger partial charge in [0.25, 0.3) is 0 Å². The van der Waals surface area contributed by atoms with E-state index in [2.05, 4.69) is 6.92 Å². The van der Waals surface area contributed by atoms with E-state index < -0.39 is 0 Å². The molecule has 9 heavy (non-hydrogen) atoms. The second-order valence-corrected chi connectivity index (χ2v) is 3.31. The fourth-order valence-electron chi connectivity index (χ4n) is 1.46. The van der Waals surface area contributed by atoms with Crippen molar-refractivity contribution in [3.05, 3.63) is 0 Å². The Bertz CT molecular complexity index is 105. The summed E-state index contributed by atoms with van der Waals surface area (Å²) in [5.74, 6) is 0. The fourth-order valence-corrected chi connectivity index (χ4v) is 1.46. The summed E-state index contributed by atoms with van der Waals surface area (Å²) in [4.78, 5) is 0. The lowest BCUT2D eigenvalue weighted by molar-refractivity contribution is 0.133. The van der Waals surface area contributed by atoms with E-state index in [0.29, 0.717) is 0 Å². The van der Waals surface area contributed by atoms with Crippen molar-refractivity contribution in [2.24, 2.45) is 11.1 Å². The number of aliphatic hydroxyl groups excluding tert-OH is 1. The molecule has 2 atom stereocenters. The van der Waals surface area contributed by atoms with E-state index >= 15 is 0 Å². The van der Waals surface area contributed by atoms with Crippen molar-refractivity contribution in [1.29, 1.82) is 0 Å². The van der Waals surface area contributed by atoms with Gasteiger partial charge >= 0.3 is 0 Å². The van der Waals surface area contributed by atoms with Gasteiger partial charge < -0.3 is 10.8 Å². The number of nitrogens with two attached hydrogens (primary N) is 1. The minimum Gasteiger partial charge on any atom is -0.396 e. The predicted molar refractivity (Wildman–Crippen MR) is 37.0 cm³/mol. The Hall–Kier alpha value is -0.0800. The SMILES string of the molecule is C[C@@]1(CO)CCC[C@H]1N. The Morgan fingerprint density at radius 1 is 1.78 bits per heavy atom. The van der Waals surface area contributed by atoms with Crippen molar-refractivity contribution in [2.75, 3.05) is 6.61 Å². The average molecular weight is 129 g/mol. The summed E-state index contributed by atoms with van der Waals surface area (Å²) in [5.41, 5.74) is 5.79. The molecule has 54 valence electrons. The zero-order chi connectivity index (χ0) is 6.91. The standard InChI is InChI=1S/C7H15NO/c1-7(5-9)4-2-3-6(7)8/h6,9H,2-5,8H2,1H3/t6-,7+/m1/s1. The number of hydrogen-bond donors (Lipinski definition) is 2. The molecule has 0 saturated heterocycles. The molecule has 3 N–H and O–H groups in total. The van der Waals surface area contributed by atoms with Crippen LogP contribution in [0.5, 0.6) is 0 Å². The van der Waals surface area contributed by atoms with Gasteiger partial charge in [0.15, 0.2) is 0 Å². The predicted octanol–water partition coefficient (Wildman–Crippen LogP) is 0.496. The monoisotopic (exact) mass is 129 g/mol. The fraction of sp³-hybridized carbons (Fsp3) is 1.00. The summed E-state index contributed by atoms with van der Waals surface area (Å²) in [5, 5.41) is 8.92. The van der Waals surface area contributed by atoms with Gasteiger partial charge in [0.05, 0.1) is 0 Å². The molecule has 0 unspecified atom stereocenters. The number of hydrogen-bond acceptors (Lipinski definition) is 2. The van der Waals surface area contributed by atoms with E-state index in [1.807, 2.05) is 0 Å². The molecular weight excluding hydrogens is 114 g/mol. The molecule has 1 rings (SSSR count). The maximum absolute atomic E-state index is 8.92. The third-order valence-electron chi connectivity index (χ3n) is 2.52. The quantitative estimate of drug-likeness (QED) is 0.541. The lowest BCUT2D eigenvalue weighted by Crippen LogP contribution is -2.37. The van der Waals surface area contributed by atoms with Crippen molar-refractivity contribution < 1.29 is 5.11 Å². The molecule has 0 radical (unpaired) electrons. The summed E-state index contributed by atoms with van der Waals surface area (Å²) in [7, 11) is 0. The van der Waals surface area contributed by atoms with Gasteiger partial charge in [0, 0.05) is 18.1 Å². The maximum atomic E-state index is 8.92. The highest BCUT2D eigenvalue weighted by Crippen LogP contribution is 2.35. The van der Waals surface area contributed by atoms with E-state index in [-0.39, 0.29) is 18.1 Å². The Morgan fingerprint density at radius 3 is 2.67 bits per heavy atom. The second-order valence-electron chi connectivity index (χ2n) is 3.31. The summed E-state index contributed by atoms with van der Waals surface area (Å²) >= 11 is 0. The van der Waals surface area contributed by atoms with Crippen molar-refractivity contribution >= 4 is 0 Å². The Labute approximate surface area is 56.1 Å². The van der Waals surface area contributed by atoms with Crippen LogP contribution in [0.2, 0.25) is 0 Å². The molecule has 0 bridgehead atoms. The molecule has 1 aliphatic carbocycles. The van der Waals surface area contributed by atoms with Gasteiger partial charge in [0.2, 0.25) is 0 Å². The zero-order valence-corrected chi connectivity index (χ0v) is 5.93. The highest BCUT2D eigenvalue weighted by Gasteiger charge is 2.35. The number of rotatable bonds is 1. The lowest BCUT2D eigenvalue weighted by atomic mass is 9.86. The number of aliphatic hydroxyl groups is 1. The topological polar surface area (TPSA) is 46.2 Å². The normalized spacial score (nSPS) is 43.7. The van der Waals surface area contributed by atoms with Crippen LogP contribution < -0.4 is 5.73 Å². The van der Waals surface area contributed by atoms with Crippen LogP contribution in [-0.2, 0) is 0 Å². The van der Waals surface area contributed by atoms with Crippen molar-refractivity contribution in [1.82, 2.24) is 0 Å². The molecule has 2 heteroatoms. The van der Waals surface area contributed by atoms with Crippen LogP contribution in [0, 0.1) is 5.41 Å². The Morgan fingerprint density at radius 2 is 2.44 bits per heavy atom. The van der Waals surface area contributed by atoms with Crippen LogP contribution in [0.25, 0.3) is 0 Å². The first-order valence-electron chi connectivity index (χ1n) is 3.55. The molecule has 2 nitrogen and oxygen atoms in total. The minimum absolute atomic E-state index is 0.0278. The van der Waals surface area contributed by atoms with Crippen LogP contribution in [0.15, 0.2) is 0 Å². The average Bonchev–Trinajstić information content (AvgIpc) is 2.15. The third-order valence-corrected chi connectivity index (χ3v) is 2.52. The molecule has 0 aliphatic heterocycles. The van der Waals surface area contributed by atoms with E-state index in [1.165, 1.54) is 6.42 Å². The minimum atomic E-state index is 0.0278. The Kier molecular flexibility index (Phi) is 1.78. The van der Waals surface area contributed by atoms with Crippen LogP contribution in [0.3, 0.4) is 0 Å². The maximum Gasteiger partial charge on any atom is 0.0499 e. The Balaban J connectivity index is 2.56. The first-order chi connectivity index (χ1) is 4.19. The van der Waals surface area contributed by atoms with Crippen molar-refractivity contribution in [3.8, 4) is 0 Å². The van der Waals surface area contributed by atoms with Crippen LogP contribution >= 0.6 is 0 Å². The molecule has 1 aliphatic rings. The highest BCUT2D eigenvalue weighted by molar-refractivity contribution is 4.90. The van der Waals surface area contributed by atoms with Crippen molar-refractivity contribution in [3.63, 3.8) is 0 Å². The first-order valence-corrected chi connectivity index (χ1v) is 3.55. The van der Waals surface area contributed by atoms with E-state index in [4.69, 9.17) is 10.8 Å². The molecular formula is C7H15NO. The largest absolute Gasteiger partial charge is 0.396 e. The van der Waals surface area contributed by atoms with Crippen molar-refractivity contribution in [2.45, 2.75) is 32.2 Å². The first kappa shape index (κ1) is 7.03. The van der Waals surface area contributed by atoms with Gasteiger partial charge in [-0.2, -0.15) is 0 Å². The molecule has 0 spiro atoms. The molecule has 0 amide bonds. The van der Waals surface area contributed by atoms with Crippen LogP contribution in [-0.4, -0.2) is 17.8 Å². The third kappa shape index (κ3) is 1.10. The molecule has 1 saturated carbocycles. The zero-order valence-electron chi connectivity index (χ0n) is 5.93. The van der Waals surface area contributed by atoms with Gasteiger partial charge in [-0.25, -0.2) is 0 Å². The molecule has 0 aromatic carbocycles. The van der Waals surface area contributed by atoms with Gasteiger partial charge in [-0.1, -0.05) is 13.3 Å². The molecule has 0 aromatic heterocycles. The van der Waals surface area contributed by atoms with E-state index in [1.54, 1.807) is 0 Å². The van der Waals surface area contributed by atoms with E-state index in [9.17, 15) is 0 Å². The van der Waals surface area contributed by atoms with Gasteiger partial charge in [0.1, 0.15) is 0 Å². The van der Waals surface area contributed by atoms with Gasteiger partial charge in [-0.3, -0.25) is 0 Å². The van der Waals surface area contributed by atoms with Gasteiger partial charge in [-0.05, 0) is 12.8 Å². The molecule has 0 aromatic rings. The summed E-state index contributed by atoms with van der Waals surface area (Å²) < 4.78 is 0. The van der Waals surface area contributed by atoms with Gasteiger partial charge in [-0.15, -0.1) is 0 Å². The second kappa shape index (κ2) is 2.27. The summed E-state index contributed by atoms with van der Waals surface area (Å²) in [6, 6.07) is 0.225. The molecule has 0 heterocycles. The van der Waals surface area contributed by atoms with Crippen LogP contribution in [0.4, 0.5) is 0 Å². The lowest BCUT2D eigenvalue weighted by Gasteiger charge is -2.25. The van der Waals surface area contributed by atoms with Crippen LogP contribution in [0.1, 0.15) is 26.2 Å².